The summed E-state index contributed by atoms with van der Waals surface area (Å²) in [6, 6.07) is -0.681. The van der Waals surface area contributed by atoms with Gasteiger partial charge in [0.05, 0.1) is 6.04 Å². The molecule has 0 rings (SSSR count). The topological polar surface area (TPSA) is 128 Å². The molecule has 0 amide bonds. The van der Waals surface area contributed by atoms with Gasteiger partial charge in [-0.3, -0.25) is 9.79 Å². The zero-order valence-corrected chi connectivity index (χ0v) is 9.02. The third-order valence-corrected chi connectivity index (χ3v) is 2.07. The van der Waals surface area contributed by atoms with E-state index in [1.165, 1.54) is 0 Å². The minimum atomic E-state index is -0.952. The molecule has 0 saturated heterocycles. The molecule has 0 heterocycles. The zero-order chi connectivity index (χ0) is 11.8. The number of carbonyl (C=O) groups is 1. The Morgan fingerprint density at radius 1 is 1.33 bits per heavy atom. The number of rotatable bonds is 7. The van der Waals surface area contributed by atoms with Crippen LogP contribution in [0.2, 0.25) is 0 Å². The second-order valence-electron chi connectivity index (χ2n) is 3.63. The molecule has 0 bridgehead atoms. The lowest BCUT2D eigenvalue weighted by atomic mass is 10.1. The third-order valence-electron chi connectivity index (χ3n) is 2.07. The Hall–Kier alpha value is -1.30. The molecule has 0 aromatic carbocycles. The van der Waals surface area contributed by atoms with Gasteiger partial charge in [-0.05, 0) is 19.8 Å². The smallest absolute Gasteiger partial charge is 0.320 e. The first-order valence-corrected chi connectivity index (χ1v) is 5.00. The number of carboxylic acid groups (broad SMARTS) is 1. The maximum atomic E-state index is 10.4. The molecule has 2 atom stereocenters. The number of unbranched alkanes of at least 4 members (excludes halogenated alkanes) is 1. The highest BCUT2D eigenvalue weighted by atomic mass is 16.4. The van der Waals surface area contributed by atoms with Crippen LogP contribution in [0, 0.1) is 0 Å². The van der Waals surface area contributed by atoms with E-state index >= 15 is 0 Å². The van der Waals surface area contributed by atoms with Gasteiger partial charge in [0.15, 0.2) is 5.96 Å². The average molecular weight is 216 g/mol. The molecule has 7 N–H and O–H groups in total. The van der Waals surface area contributed by atoms with Gasteiger partial charge in [-0.2, -0.15) is 0 Å². The zero-order valence-electron chi connectivity index (χ0n) is 9.02. The van der Waals surface area contributed by atoms with Gasteiger partial charge in [0.25, 0.3) is 0 Å². The number of guanidine groups is 1. The fourth-order valence-electron chi connectivity index (χ4n) is 1.25. The van der Waals surface area contributed by atoms with E-state index in [4.69, 9.17) is 22.3 Å². The van der Waals surface area contributed by atoms with Crippen LogP contribution in [0.1, 0.15) is 32.6 Å². The molecular weight excluding hydrogens is 196 g/mol. The summed E-state index contributed by atoms with van der Waals surface area (Å²) < 4.78 is 0. The van der Waals surface area contributed by atoms with E-state index in [2.05, 4.69) is 4.99 Å². The predicted octanol–water partition coefficient (Wildman–Crippen LogP) is -0.379. The van der Waals surface area contributed by atoms with Crippen LogP contribution in [-0.4, -0.2) is 29.1 Å². The van der Waals surface area contributed by atoms with Crippen LogP contribution in [0.3, 0.4) is 0 Å². The minimum Gasteiger partial charge on any atom is -0.480 e. The van der Waals surface area contributed by atoms with Crippen LogP contribution < -0.4 is 17.2 Å². The minimum absolute atomic E-state index is 0.0797. The van der Waals surface area contributed by atoms with Gasteiger partial charge in [-0.1, -0.05) is 12.8 Å². The summed E-state index contributed by atoms with van der Waals surface area (Å²) in [5.41, 5.74) is 15.8. The molecule has 0 spiro atoms. The first-order chi connectivity index (χ1) is 6.93. The highest BCUT2D eigenvalue weighted by Gasteiger charge is 2.10. The molecule has 0 aliphatic heterocycles. The van der Waals surface area contributed by atoms with Crippen LogP contribution in [0.25, 0.3) is 0 Å². The lowest BCUT2D eigenvalue weighted by molar-refractivity contribution is -0.138. The van der Waals surface area contributed by atoms with Gasteiger partial charge in [0.2, 0.25) is 0 Å². The van der Waals surface area contributed by atoms with E-state index in [0.717, 1.165) is 19.3 Å². The number of hydrogen-bond acceptors (Lipinski definition) is 3. The molecule has 0 aliphatic carbocycles. The summed E-state index contributed by atoms with van der Waals surface area (Å²) in [5, 5.41) is 8.53. The average Bonchev–Trinajstić information content (AvgIpc) is 2.10. The Morgan fingerprint density at radius 2 is 1.87 bits per heavy atom. The van der Waals surface area contributed by atoms with Gasteiger partial charge in [-0.15, -0.1) is 0 Å². The largest absolute Gasteiger partial charge is 0.480 e. The van der Waals surface area contributed by atoms with Gasteiger partial charge in [0, 0.05) is 0 Å². The number of nitrogens with zero attached hydrogens (tertiary/aromatic N) is 1. The fourth-order valence-corrected chi connectivity index (χ4v) is 1.25. The molecule has 88 valence electrons. The number of aliphatic carboxylic acids is 1. The Bertz CT molecular complexity index is 226. The summed E-state index contributed by atoms with van der Waals surface area (Å²) in [6.07, 6.45) is 2.98. The molecule has 15 heavy (non-hydrogen) atoms. The lowest BCUT2D eigenvalue weighted by Crippen LogP contribution is -2.29. The van der Waals surface area contributed by atoms with Crippen molar-refractivity contribution in [2.75, 3.05) is 0 Å². The Kier molecular flexibility index (Phi) is 6.44. The molecule has 0 aromatic heterocycles. The van der Waals surface area contributed by atoms with Crippen molar-refractivity contribution in [3.05, 3.63) is 0 Å². The molecule has 0 radical (unpaired) electrons. The summed E-state index contributed by atoms with van der Waals surface area (Å²) in [5.74, 6) is -0.864. The molecular formula is C9H20N4O2. The van der Waals surface area contributed by atoms with Gasteiger partial charge in [0.1, 0.15) is 6.04 Å². The molecule has 6 nitrogen and oxygen atoms in total. The first-order valence-electron chi connectivity index (χ1n) is 5.00. The van der Waals surface area contributed by atoms with E-state index < -0.39 is 12.0 Å². The number of aliphatic imine (C=N–C) groups is 1. The van der Waals surface area contributed by atoms with E-state index in [1.54, 1.807) is 0 Å². The van der Waals surface area contributed by atoms with Crippen molar-refractivity contribution >= 4 is 11.9 Å². The maximum absolute atomic E-state index is 10.4. The summed E-state index contributed by atoms with van der Waals surface area (Å²) in [6.45, 7) is 1.91. The van der Waals surface area contributed by atoms with Gasteiger partial charge >= 0.3 is 5.97 Å². The molecule has 2 unspecified atom stereocenters. The van der Waals surface area contributed by atoms with E-state index in [9.17, 15) is 4.79 Å². The summed E-state index contributed by atoms with van der Waals surface area (Å²) >= 11 is 0. The predicted molar refractivity (Wildman–Crippen MR) is 59.4 cm³/mol. The third kappa shape index (κ3) is 7.75. The second-order valence-corrected chi connectivity index (χ2v) is 3.63. The lowest BCUT2D eigenvalue weighted by Gasteiger charge is -2.08. The Morgan fingerprint density at radius 3 is 2.33 bits per heavy atom. The van der Waals surface area contributed by atoms with Crippen LogP contribution in [0.15, 0.2) is 4.99 Å². The van der Waals surface area contributed by atoms with Crippen LogP contribution in [0.4, 0.5) is 0 Å². The molecule has 0 fully saturated rings. The van der Waals surface area contributed by atoms with Crippen molar-refractivity contribution in [3.8, 4) is 0 Å². The van der Waals surface area contributed by atoms with E-state index in [1.807, 2.05) is 6.92 Å². The van der Waals surface area contributed by atoms with Crippen molar-refractivity contribution in [1.29, 1.82) is 0 Å². The van der Waals surface area contributed by atoms with E-state index in [-0.39, 0.29) is 12.0 Å². The Balaban J connectivity index is 3.55. The van der Waals surface area contributed by atoms with Crippen LogP contribution in [0.5, 0.6) is 0 Å². The first kappa shape index (κ1) is 13.7. The van der Waals surface area contributed by atoms with Crippen molar-refractivity contribution in [3.63, 3.8) is 0 Å². The second kappa shape index (κ2) is 7.05. The number of nitrogens with two attached hydrogens (primary N) is 3. The molecule has 0 saturated carbocycles. The standard InChI is InChI=1S/C9H20N4O2/c1-6(13-9(11)12)4-2-3-5-7(10)8(14)15/h6-7H,2-5,10H2,1H3,(H,14,15)(H4,11,12,13). The van der Waals surface area contributed by atoms with Crippen LogP contribution in [-0.2, 0) is 4.79 Å². The molecule has 0 aliphatic rings. The summed E-state index contributed by atoms with van der Waals surface area (Å²) in [7, 11) is 0. The molecule has 0 aromatic rings. The van der Waals surface area contributed by atoms with Crippen molar-refractivity contribution < 1.29 is 9.90 Å². The van der Waals surface area contributed by atoms with Crippen molar-refractivity contribution in [2.45, 2.75) is 44.7 Å². The van der Waals surface area contributed by atoms with E-state index in [0.29, 0.717) is 6.42 Å². The van der Waals surface area contributed by atoms with Crippen molar-refractivity contribution in [2.24, 2.45) is 22.2 Å². The van der Waals surface area contributed by atoms with Gasteiger partial charge < -0.3 is 22.3 Å². The summed E-state index contributed by atoms with van der Waals surface area (Å²) in [4.78, 5) is 14.3. The van der Waals surface area contributed by atoms with Gasteiger partial charge in [-0.25, -0.2) is 0 Å². The number of hydrogen-bond donors (Lipinski definition) is 4. The maximum Gasteiger partial charge on any atom is 0.320 e. The SMILES string of the molecule is CC(CCCCC(N)C(=O)O)N=C(N)N. The van der Waals surface area contributed by atoms with Crippen molar-refractivity contribution in [1.82, 2.24) is 0 Å². The normalized spacial score (nSPS) is 14.3. The quantitative estimate of drug-likeness (QED) is 0.262. The monoisotopic (exact) mass is 216 g/mol. The number of carboxylic acids is 1. The Labute approximate surface area is 89.5 Å². The highest BCUT2D eigenvalue weighted by Crippen LogP contribution is 2.07. The fraction of sp³-hybridized carbons (Fsp3) is 0.778. The highest BCUT2D eigenvalue weighted by molar-refractivity contribution is 5.75. The van der Waals surface area contributed by atoms with Crippen LogP contribution >= 0.6 is 0 Å². The molecule has 6 heteroatoms.